The molecule has 3 heterocycles. The lowest BCUT2D eigenvalue weighted by Crippen LogP contribution is -2.53. The van der Waals surface area contributed by atoms with Crippen LogP contribution in [0.1, 0.15) is 34.0 Å². The highest BCUT2D eigenvalue weighted by molar-refractivity contribution is 14.1. The van der Waals surface area contributed by atoms with Crippen LogP contribution in [-0.2, 0) is 33.5 Å². The summed E-state index contributed by atoms with van der Waals surface area (Å²) in [6, 6.07) is 22.8. The molecule has 2 aliphatic rings. The van der Waals surface area contributed by atoms with E-state index in [2.05, 4.69) is 32.9 Å². The third-order valence-electron chi connectivity index (χ3n) is 8.44. The summed E-state index contributed by atoms with van der Waals surface area (Å²) in [7, 11) is 1.99. The Bertz CT molecular complexity index is 1820. The number of carbonyl (C=O) groups excluding carboxylic acids is 3. The van der Waals surface area contributed by atoms with E-state index in [4.69, 9.17) is 4.74 Å². The van der Waals surface area contributed by atoms with Crippen molar-refractivity contribution in [3.8, 4) is 5.69 Å². The molecule has 4 aromatic rings. The Morgan fingerprint density at radius 2 is 1.69 bits per heavy atom. The normalized spacial score (nSPS) is 15.2. The number of likely N-dealkylation sites (N-methyl/N-ethyl adjacent to an activating group) is 2. The van der Waals surface area contributed by atoms with Crippen molar-refractivity contribution in [3.05, 3.63) is 126 Å². The summed E-state index contributed by atoms with van der Waals surface area (Å²) >= 11 is 1.65. The molecule has 1 atom stereocenters. The summed E-state index contributed by atoms with van der Waals surface area (Å²) in [6.07, 6.45) is -2.72. The summed E-state index contributed by atoms with van der Waals surface area (Å²) in [5.41, 5.74) is 6.63. The number of alkyl halides is 3. The highest BCUT2D eigenvalue weighted by atomic mass is 127. The largest absolute Gasteiger partial charge is 0.416 e. The standard InChI is InChI=1S/C22H19F3N4O2.C15H20N2O2.BI/c1-2-28-20-15(13-26-29(20)17-9-4-3-5-10-17)12-18(21(28)31)27-19(30)14-7-6-8-16(11-14)22(23,24)25;1-12(9-17(2)14-10-19-11-14)15(18)16-8-13-6-4-3-5-7-13;1-2/h3-11,13,18H,2,12H2,1H3,(H,27,30);3-7,14H,1,8-11H2,2H3,(H,16,18);. The Hall–Kier alpha value is -4.48. The predicted molar refractivity (Wildman–Crippen MR) is 202 cm³/mol. The van der Waals surface area contributed by atoms with Gasteiger partial charge < -0.3 is 15.4 Å². The van der Waals surface area contributed by atoms with E-state index in [-0.39, 0.29) is 23.8 Å². The van der Waals surface area contributed by atoms with Gasteiger partial charge in [-0.2, -0.15) is 40.6 Å². The van der Waals surface area contributed by atoms with E-state index in [1.54, 1.807) is 40.2 Å². The third kappa shape index (κ3) is 10.3. The smallest absolute Gasteiger partial charge is 0.378 e. The number of para-hydroxylation sites is 1. The highest BCUT2D eigenvalue weighted by Crippen LogP contribution is 2.31. The summed E-state index contributed by atoms with van der Waals surface area (Å²) in [5, 5.41) is 9.86. The zero-order valence-electron chi connectivity index (χ0n) is 28.8. The van der Waals surface area contributed by atoms with E-state index in [0.29, 0.717) is 37.1 Å². The van der Waals surface area contributed by atoms with Crippen LogP contribution in [-0.4, -0.2) is 83.5 Å². The van der Waals surface area contributed by atoms with Crippen molar-refractivity contribution in [3.63, 3.8) is 0 Å². The number of nitrogens with one attached hydrogen (secondary N) is 2. The molecule has 272 valence electrons. The first-order valence-corrected chi connectivity index (χ1v) is 17.6. The predicted octanol–water partition coefficient (Wildman–Crippen LogP) is 5.29. The average molecular weight is 826 g/mol. The van der Waals surface area contributed by atoms with Crippen LogP contribution in [0.5, 0.6) is 0 Å². The molecule has 6 rings (SSSR count). The first kappa shape index (κ1) is 40.3. The van der Waals surface area contributed by atoms with Gasteiger partial charge in [-0.05, 0) is 49.9 Å². The van der Waals surface area contributed by atoms with Crippen molar-refractivity contribution in [1.82, 2.24) is 25.3 Å². The Morgan fingerprint density at radius 3 is 2.29 bits per heavy atom. The molecule has 0 aliphatic carbocycles. The van der Waals surface area contributed by atoms with Crippen molar-refractivity contribution >= 4 is 51.6 Å². The highest BCUT2D eigenvalue weighted by Gasteiger charge is 2.37. The van der Waals surface area contributed by atoms with Gasteiger partial charge in [0.15, 0.2) is 5.70 Å². The summed E-state index contributed by atoms with van der Waals surface area (Å²) in [5.74, 6) is -0.536. The Kier molecular flexibility index (Phi) is 14.6. The number of ether oxygens (including phenoxy) is 1. The van der Waals surface area contributed by atoms with Gasteiger partial charge in [0.2, 0.25) is 5.91 Å². The van der Waals surface area contributed by atoms with Gasteiger partial charge in [0.05, 0.1) is 36.7 Å². The molecule has 3 amide bonds. The molecule has 1 aromatic heterocycles. The number of carbonyl (C=O) groups is 3. The third-order valence-corrected chi connectivity index (χ3v) is 8.44. The molecule has 3 aromatic carbocycles. The Labute approximate surface area is 315 Å². The van der Waals surface area contributed by atoms with E-state index in [9.17, 15) is 27.6 Å². The van der Waals surface area contributed by atoms with Crippen LogP contribution in [0.3, 0.4) is 0 Å². The van der Waals surface area contributed by atoms with Gasteiger partial charge in [0, 0.05) is 42.8 Å². The maximum absolute atomic E-state index is 13.1. The summed E-state index contributed by atoms with van der Waals surface area (Å²) in [6.45, 7) is 8.61. The number of amides is 3. The quantitative estimate of drug-likeness (QED) is 0.128. The number of benzene rings is 3. The van der Waals surface area contributed by atoms with Crippen LogP contribution in [0.2, 0.25) is 0 Å². The molecule has 52 heavy (non-hydrogen) atoms. The monoisotopic (exact) mass is 826 g/mol. The van der Waals surface area contributed by atoms with Gasteiger partial charge in [-0.15, -0.1) is 0 Å². The molecule has 2 radical (unpaired) electrons. The first-order valence-electron chi connectivity index (χ1n) is 16.4. The fraction of sp³-hybridized carbons (Fsp3) is 0.297. The molecule has 10 nitrogen and oxygen atoms in total. The summed E-state index contributed by atoms with van der Waals surface area (Å²) < 4.78 is 45.7. The van der Waals surface area contributed by atoms with Crippen LogP contribution in [0.25, 0.3) is 5.69 Å². The molecule has 0 bridgehead atoms. The van der Waals surface area contributed by atoms with E-state index in [1.807, 2.05) is 67.7 Å². The van der Waals surface area contributed by atoms with Crippen LogP contribution in [0.15, 0.2) is 103 Å². The van der Waals surface area contributed by atoms with Gasteiger partial charge in [0.1, 0.15) is 11.9 Å². The first-order chi connectivity index (χ1) is 25.0. The molecule has 1 saturated heterocycles. The van der Waals surface area contributed by atoms with Gasteiger partial charge in [-0.1, -0.05) is 61.2 Å². The number of fused-ring (bicyclic) bond motifs is 1. The van der Waals surface area contributed by atoms with Gasteiger partial charge in [0.25, 0.3) is 11.8 Å². The molecule has 0 spiro atoms. The van der Waals surface area contributed by atoms with Gasteiger partial charge in [-0.25, -0.2) is 4.68 Å². The number of hydrogen-bond acceptors (Lipinski definition) is 6. The van der Waals surface area contributed by atoms with Crippen LogP contribution in [0.4, 0.5) is 19.0 Å². The molecular weight excluding hydrogens is 787 g/mol. The molecule has 1 unspecified atom stereocenters. The molecule has 2 N–H and O–H groups in total. The number of rotatable bonds is 10. The minimum absolute atomic E-state index is 0.0871. The summed E-state index contributed by atoms with van der Waals surface area (Å²) in [4.78, 5) is 41.2. The SMILES string of the molecule is C=C(CN(C)C1COC1)C(=O)NCc1ccccc1.CCN1C(=O)C(NC(=O)c2cccc(C(F)(F)F)c2)Cc2cnn(-c3ccccc3)c21.[B]I. The van der Waals surface area contributed by atoms with Crippen LogP contribution < -0.4 is 15.5 Å². The van der Waals surface area contributed by atoms with E-state index >= 15 is 0 Å². The minimum Gasteiger partial charge on any atom is -0.378 e. The number of nitrogens with zero attached hydrogens (tertiary/aromatic N) is 4. The van der Waals surface area contributed by atoms with Crippen molar-refractivity contribution in [2.45, 2.75) is 38.1 Å². The maximum atomic E-state index is 13.1. The fourth-order valence-corrected chi connectivity index (χ4v) is 5.55. The van der Waals surface area contributed by atoms with Crippen molar-refractivity contribution in [2.75, 3.05) is 38.3 Å². The van der Waals surface area contributed by atoms with Crippen LogP contribution in [0, 0.1) is 0 Å². The topological polar surface area (TPSA) is 109 Å². The Morgan fingerprint density at radius 1 is 1.04 bits per heavy atom. The second-order valence-electron chi connectivity index (χ2n) is 12.0. The van der Waals surface area contributed by atoms with Crippen LogP contribution >= 0.6 is 22.4 Å². The lowest BCUT2D eigenvalue weighted by molar-refractivity contribution is -0.137. The number of halogens is 4. The number of anilines is 1. The van der Waals surface area contributed by atoms with E-state index in [1.165, 1.54) is 17.0 Å². The molecule has 2 aliphatic heterocycles. The fourth-order valence-electron chi connectivity index (χ4n) is 5.55. The lowest BCUT2D eigenvalue weighted by atomic mass is 10.0. The minimum atomic E-state index is -4.56. The van der Waals surface area contributed by atoms with Crippen molar-refractivity contribution < 1.29 is 32.3 Å². The Balaban J connectivity index is 0.000000247. The van der Waals surface area contributed by atoms with Gasteiger partial charge >= 0.3 is 6.18 Å². The second kappa shape index (κ2) is 18.8. The van der Waals surface area contributed by atoms with E-state index < -0.39 is 23.7 Å². The molecule has 1 fully saturated rings. The van der Waals surface area contributed by atoms with E-state index in [0.717, 1.165) is 42.2 Å². The zero-order valence-corrected chi connectivity index (χ0v) is 30.9. The zero-order chi connectivity index (χ0) is 37.8. The second-order valence-corrected chi connectivity index (χ2v) is 12.0. The molecular formula is C37H39BF3IN6O4. The molecule has 15 heteroatoms. The average Bonchev–Trinajstić information content (AvgIpc) is 3.55. The molecule has 0 saturated carbocycles. The number of hydrogen-bond donors (Lipinski definition) is 2. The number of aromatic nitrogens is 2. The van der Waals surface area contributed by atoms with Crippen molar-refractivity contribution in [1.29, 1.82) is 0 Å². The maximum Gasteiger partial charge on any atom is 0.416 e. The van der Waals surface area contributed by atoms with Gasteiger partial charge in [-0.3, -0.25) is 24.2 Å². The van der Waals surface area contributed by atoms with Crippen molar-refractivity contribution in [2.24, 2.45) is 0 Å². The lowest BCUT2D eigenvalue weighted by Gasteiger charge is -2.34.